The zero-order valence-electron chi connectivity index (χ0n) is 57.2. The van der Waals surface area contributed by atoms with Crippen LogP contribution in [0.3, 0.4) is 0 Å². The van der Waals surface area contributed by atoms with Gasteiger partial charge in [-0.05, 0) is 57.8 Å². The van der Waals surface area contributed by atoms with Crippen molar-refractivity contribution in [3.05, 3.63) is 24.3 Å². The molecule has 0 aliphatic carbocycles. The number of aliphatic hydroxyl groups excluding tert-OH is 2. The topological polar surface area (TPSA) is 95.9 Å². The molecule has 6 nitrogen and oxygen atoms in total. The number of carbonyl (C=O) groups excluding carboxylic acids is 2. The van der Waals surface area contributed by atoms with Gasteiger partial charge in [-0.25, -0.2) is 0 Å². The maximum Gasteiger partial charge on any atom is 0.305 e. The Kier molecular flexibility index (Phi) is 72.3. The minimum absolute atomic E-state index is 0.0114. The number of rotatable bonds is 73. The van der Waals surface area contributed by atoms with Gasteiger partial charge in [0.25, 0.3) is 0 Å². The largest absolute Gasteiger partial charge is 0.466 e. The smallest absolute Gasteiger partial charge is 0.305 e. The lowest BCUT2D eigenvalue weighted by atomic mass is 10.0. The summed E-state index contributed by atoms with van der Waals surface area (Å²) < 4.78 is 5.49. The van der Waals surface area contributed by atoms with Gasteiger partial charge in [-0.3, -0.25) is 9.59 Å². The average Bonchev–Trinajstić information content (AvgIpc) is 3.51. The quantitative estimate of drug-likeness (QED) is 0.0320. The van der Waals surface area contributed by atoms with E-state index in [1.54, 1.807) is 6.08 Å². The number of aliphatic hydroxyl groups is 2. The van der Waals surface area contributed by atoms with E-state index in [4.69, 9.17) is 4.74 Å². The molecular weight excluding hydrogens is 1030 g/mol. The number of carbonyl (C=O) groups is 2. The number of unbranched alkanes of at least 4 members (excludes halogenated alkanes) is 60. The summed E-state index contributed by atoms with van der Waals surface area (Å²) in [6.45, 7) is 4.94. The van der Waals surface area contributed by atoms with E-state index in [1.165, 1.54) is 366 Å². The molecule has 0 aliphatic heterocycles. The Morgan fingerprint density at radius 3 is 0.857 bits per heavy atom. The lowest BCUT2D eigenvalue weighted by molar-refractivity contribution is -0.143. The highest BCUT2D eigenvalue weighted by molar-refractivity contribution is 5.76. The average molecular weight is 1180 g/mol. The summed E-state index contributed by atoms with van der Waals surface area (Å²) in [5.74, 6) is -0.0476. The van der Waals surface area contributed by atoms with Crippen molar-refractivity contribution in [1.29, 1.82) is 0 Å². The van der Waals surface area contributed by atoms with Gasteiger partial charge in [0.05, 0.1) is 25.4 Å². The van der Waals surface area contributed by atoms with E-state index in [9.17, 15) is 19.8 Å². The number of amides is 1. The molecule has 84 heavy (non-hydrogen) atoms. The zero-order chi connectivity index (χ0) is 60.6. The second kappa shape index (κ2) is 73.8. The number of ether oxygens (including phenoxy) is 1. The molecule has 2 atom stereocenters. The first kappa shape index (κ1) is 82.3. The van der Waals surface area contributed by atoms with Crippen molar-refractivity contribution >= 4 is 11.9 Å². The van der Waals surface area contributed by atoms with E-state index in [0.717, 1.165) is 44.9 Å². The molecule has 0 fully saturated rings. The van der Waals surface area contributed by atoms with E-state index >= 15 is 0 Å². The molecular formula is C78H151NO5. The fraction of sp³-hybridized carbons (Fsp3) is 0.923. The first-order chi connectivity index (χ1) is 41.5. The predicted octanol–water partition coefficient (Wildman–Crippen LogP) is 25.3. The molecule has 0 aromatic heterocycles. The van der Waals surface area contributed by atoms with Gasteiger partial charge in [-0.1, -0.05) is 391 Å². The maximum absolute atomic E-state index is 12.6. The third-order valence-electron chi connectivity index (χ3n) is 18.2. The van der Waals surface area contributed by atoms with Crippen LogP contribution < -0.4 is 5.32 Å². The van der Waals surface area contributed by atoms with Gasteiger partial charge in [0, 0.05) is 12.8 Å². The molecule has 0 aromatic rings. The third-order valence-corrected chi connectivity index (χ3v) is 18.2. The van der Waals surface area contributed by atoms with Gasteiger partial charge < -0.3 is 20.3 Å². The molecule has 3 N–H and O–H groups in total. The summed E-state index contributed by atoms with van der Waals surface area (Å²) in [4.78, 5) is 24.6. The van der Waals surface area contributed by atoms with E-state index in [1.807, 2.05) is 6.08 Å². The highest BCUT2D eigenvalue weighted by Gasteiger charge is 2.18. The summed E-state index contributed by atoms with van der Waals surface area (Å²) in [5, 5.41) is 23.3. The van der Waals surface area contributed by atoms with E-state index in [2.05, 4.69) is 31.3 Å². The van der Waals surface area contributed by atoms with Crippen LogP contribution in [0.5, 0.6) is 0 Å². The van der Waals surface area contributed by atoms with E-state index in [-0.39, 0.29) is 18.5 Å². The zero-order valence-corrected chi connectivity index (χ0v) is 57.2. The fourth-order valence-corrected chi connectivity index (χ4v) is 12.3. The molecule has 0 rings (SSSR count). The highest BCUT2D eigenvalue weighted by Crippen LogP contribution is 2.20. The highest BCUT2D eigenvalue weighted by atomic mass is 16.5. The van der Waals surface area contributed by atoms with Crippen LogP contribution >= 0.6 is 0 Å². The number of hydrogen-bond donors (Lipinski definition) is 3. The van der Waals surface area contributed by atoms with Crippen LogP contribution in [0.25, 0.3) is 0 Å². The fourth-order valence-electron chi connectivity index (χ4n) is 12.3. The Morgan fingerprint density at radius 2 is 0.560 bits per heavy atom. The Bertz CT molecular complexity index is 1320. The van der Waals surface area contributed by atoms with E-state index in [0.29, 0.717) is 19.4 Å². The molecule has 0 saturated heterocycles. The van der Waals surface area contributed by atoms with Gasteiger partial charge in [0.15, 0.2) is 0 Å². The van der Waals surface area contributed by atoms with E-state index < -0.39 is 12.1 Å². The second-order valence-corrected chi connectivity index (χ2v) is 26.7. The summed E-state index contributed by atoms with van der Waals surface area (Å²) in [5.41, 5.74) is 0. The summed E-state index contributed by atoms with van der Waals surface area (Å²) in [6, 6.07) is -0.626. The first-order valence-electron chi connectivity index (χ1n) is 38.6. The number of esters is 1. The molecule has 0 spiro atoms. The van der Waals surface area contributed by atoms with Gasteiger partial charge in [-0.2, -0.15) is 0 Å². The number of hydrogen-bond acceptors (Lipinski definition) is 5. The van der Waals surface area contributed by atoms with Crippen molar-refractivity contribution in [3.63, 3.8) is 0 Å². The van der Waals surface area contributed by atoms with Crippen LogP contribution in [0, 0.1) is 0 Å². The molecule has 6 heteroatoms. The summed E-state index contributed by atoms with van der Waals surface area (Å²) >= 11 is 0. The molecule has 0 radical (unpaired) electrons. The Labute approximate surface area is 526 Å². The van der Waals surface area contributed by atoms with Crippen LogP contribution in [-0.2, 0) is 14.3 Å². The molecule has 0 aliphatic rings. The second-order valence-electron chi connectivity index (χ2n) is 26.7. The predicted molar refractivity (Wildman–Crippen MR) is 370 cm³/mol. The molecule has 2 unspecified atom stereocenters. The molecule has 1 amide bonds. The van der Waals surface area contributed by atoms with Crippen LogP contribution in [0.2, 0.25) is 0 Å². The lowest BCUT2D eigenvalue weighted by Crippen LogP contribution is -2.45. The van der Waals surface area contributed by atoms with Crippen molar-refractivity contribution in [2.45, 2.75) is 450 Å². The summed E-state index contributed by atoms with van der Waals surface area (Å²) in [6.07, 6.45) is 94.3. The van der Waals surface area contributed by atoms with Gasteiger partial charge in [-0.15, -0.1) is 0 Å². The Hall–Kier alpha value is -1.66. The van der Waals surface area contributed by atoms with Crippen LogP contribution in [0.4, 0.5) is 0 Å². The monoisotopic (exact) mass is 1180 g/mol. The van der Waals surface area contributed by atoms with Crippen LogP contribution in [0.15, 0.2) is 24.3 Å². The lowest BCUT2D eigenvalue weighted by Gasteiger charge is -2.20. The third kappa shape index (κ3) is 69.4. The van der Waals surface area contributed by atoms with Gasteiger partial charge in [0.1, 0.15) is 0 Å². The molecule has 0 bridgehead atoms. The van der Waals surface area contributed by atoms with Crippen molar-refractivity contribution in [3.8, 4) is 0 Å². The van der Waals surface area contributed by atoms with Crippen molar-refractivity contribution in [2.24, 2.45) is 0 Å². The first-order valence-corrected chi connectivity index (χ1v) is 38.6. The molecule has 0 heterocycles. The number of nitrogens with one attached hydrogen (secondary N) is 1. The van der Waals surface area contributed by atoms with Crippen molar-refractivity contribution in [1.82, 2.24) is 5.32 Å². The van der Waals surface area contributed by atoms with Crippen LogP contribution in [0.1, 0.15) is 438 Å². The molecule has 0 saturated carbocycles. The van der Waals surface area contributed by atoms with Gasteiger partial charge in [0.2, 0.25) is 5.91 Å². The number of allylic oxidation sites excluding steroid dienone is 3. The maximum atomic E-state index is 12.6. The van der Waals surface area contributed by atoms with Crippen molar-refractivity contribution in [2.75, 3.05) is 13.2 Å². The SMILES string of the molecule is CCCCCC/C=C\CCCCCCCC(=O)OCCCCCCCCCCCCCCCCCCCCCCCCCCCCCCCCC(=O)NC(CO)C(O)/C=C/CCCCCCCCCCCCCCCCCCCCCCCC. The molecule has 498 valence electrons. The standard InChI is InChI=1S/C78H151NO5/c1-3-5-7-9-11-13-15-17-18-19-20-21-22-31-34-37-40-43-47-50-54-58-62-66-70-76(81)75(74-80)79-77(82)71-67-63-59-55-51-48-44-41-38-35-32-29-27-25-23-24-26-28-30-33-36-39-42-45-49-53-57-61-65-69-73-84-78(83)72-68-64-60-56-52-46-16-14-12-10-8-6-4-2/h14,16,66,70,75-76,80-81H,3-13,15,17-65,67-69,71-74H2,1-2H3,(H,79,82)/b16-14-,70-66+. The summed E-state index contributed by atoms with van der Waals surface area (Å²) in [7, 11) is 0. The normalized spacial score (nSPS) is 12.6. The van der Waals surface area contributed by atoms with Crippen molar-refractivity contribution < 1.29 is 24.5 Å². The molecule has 0 aromatic carbocycles. The minimum Gasteiger partial charge on any atom is -0.466 e. The van der Waals surface area contributed by atoms with Crippen LogP contribution in [-0.4, -0.2) is 47.4 Å². The Morgan fingerprint density at radius 1 is 0.321 bits per heavy atom. The van der Waals surface area contributed by atoms with Gasteiger partial charge >= 0.3 is 5.97 Å². The Balaban J connectivity index is 3.36. The minimum atomic E-state index is -0.843.